The van der Waals surface area contributed by atoms with Gasteiger partial charge in [0.05, 0.1) is 12.4 Å². The number of hydrogen-bond donors (Lipinski definition) is 2. The van der Waals surface area contributed by atoms with Gasteiger partial charge in [-0.25, -0.2) is 15.0 Å². The molecule has 118 valence electrons. The number of H-pyrrole nitrogens is 1. The van der Waals surface area contributed by atoms with Crippen molar-refractivity contribution in [3.8, 4) is 0 Å². The van der Waals surface area contributed by atoms with E-state index in [1.54, 1.807) is 6.33 Å². The van der Waals surface area contributed by atoms with Gasteiger partial charge in [0.15, 0.2) is 17.3 Å². The van der Waals surface area contributed by atoms with Gasteiger partial charge in [0.25, 0.3) is 0 Å². The number of aromatic nitrogens is 5. The monoisotopic (exact) mass is 309 g/mol. The molecule has 0 bridgehead atoms. The summed E-state index contributed by atoms with van der Waals surface area (Å²) in [4.78, 5) is 23.0. The Morgan fingerprint density at radius 3 is 3.13 bits per heavy atom. The summed E-state index contributed by atoms with van der Waals surface area (Å²) >= 11 is 0. The van der Waals surface area contributed by atoms with Crippen molar-refractivity contribution in [1.82, 2.24) is 29.8 Å². The first kappa shape index (κ1) is 14.1. The fraction of sp³-hybridized carbons (Fsp3) is 0.375. The molecule has 0 spiro atoms. The number of imidazole rings is 1. The smallest absolute Gasteiger partial charge is 0.183 e. The van der Waals surface area contributed by atoms with Gasteiger partial charge in [0.1, 0.15) is 5.52 Å². The van der Waals surface area contributed by atoms with Crippen molar-refractivity contribution in [2.75, 3.05) is 12.3 Å². The summed E-state index contributed by atoms with van der Waals surface area (Å²) in [5.41, 5.74) is 9.77. The highest BCUT2D eigenvalue weighted by atomic mass is 15.2. The Hall–Kier alpha value is -2.54. The second kappa shape index (κ2) is 5.58. The summed E-state index contributed by atoms with van der Waals surface area (Å²) in [7, 11) is 0. The molecule has 1 aliphatic heterocycles. The molecule has 0 aromatic carbocycles. The Morgan fingerprint density at radius 2 is 2.26 bits per heavy atom. The predicted molar refractivity (Wildman–Crippen MR) is 87.5 cm³/mol. The fourth-order valence-corrected chi connectivity index (χ4v) is 3.27. The molecule has 0 amide bonds. The van der Waals surface area contributed by atoms with E-state index in [9.17, 15) is 0 Å². The molecule has 1 saturated heterocycles. The normalized spacial score (nSPS) is 18.7. The van der Waals surface area contributed by atoms with Gasteiger partial charge < -0.3 is 10.7 Å². The van der Waals surface area contributed by atoms with Gasteiger partial charge in [-0.3, -0.25) is 9.88 Å². The number of pyridine rings is 1. The minimum absolute atomic E-state index is 0.180. The van der Waals surface area contributed by atoms with E-state index in [1.165, 1.54) is 11.1 Å². The fourth-order valence-electron chi connectivity index (χ4n) is 3.27. The molecule has 0 aliphatic carbocycles. The van der Waals surface area contributed by atoms with Crippen LogP contribution >= 0.6 is 0 Å². The van der Waals surface area contributed by atoms with Crippen molar-refractivity contribution in [3.05, 3.63) is 41.7 Å². The van der Waals surface area contributed by atoms with Crippen molar-refractivity contribution < 1.29 is 0 Å². The van der Waals surface area contributed by atoms with Crippen LogP contribution in [0.4, 0.5) is 5.82 Å². The van der Waals surface area contributed by atoms with Crippen molar-refractivity contribution in [2.45, 2.75) is 32.4 Å². The molecule has 4 rings (SSSR count). The highest BCUT2D eigenvalue weighted by molar-refractivity contribution is 5.80. The average molecular weight is 309 g/mol. The molecule has 3 aromatic rings. The van der Waals surface area contributed by atoms with E-state index in [-0.39, 0.29) is 6.04 Å². The molecule has 1 unspecified atom stereocenters. The van der Waals surface area contributed by atoms with Gasteiger partial charge in [-0.2, -0.15) is 0 Å². The summed E-state index contributed by atoms with van der Waals surface area (Å²) in [6, 6.07) is 2.35. The first-order chi connectivity index (χ1) is 11.2. The maximum absolute atomic E-state index is 6.04. The van der Waals surface area contributed by atoms with Crippen LogP contribution in [0.25, 0.3) is 11.2 Å². The number of nitrogen functional groups attached to an aromatic ring is 1. The van der Waals surface area contributed by atoms with Gasteiger partial charge in [0.2, 0.25) is 0 Å². The Bertz CT molecular complexity index is 841. The second-order valence-electron chi connectivity index (χ2n) is 6.07. The second-order valence-corrected chi connectivity index (χ2v) is 6.07. The number of rotatable bonds is 3. The van der Waals surface area contributed by atoms with Crippen LogP contribution < -0.4 is 5.73 Å². The largest absolute Gasteiger partial charge is 0.382 e. The molecule has 1 fully saturated rings. The van der Waals surface area contributed by atoms with Gasteiger partial charge in [-0.15, -0.1) is 0 Å². The molecule has 7 nitrogen and oxygen atoms in total. The molecule has 1 aliphatic rings. The third-order valence-corrected chi connectivity index (χ3v) is 4.31. The van der Waals surface area contributed by atoms with E-state index in [2.05, 4.69) is 42.8 Å². The lowest BCUT2D eigenvalue weighted by atomic mass is 10.1. The van der Waals surface area contributed by atoms with Crippen LogP contribution in [-0.2, 0) is 6.54 Å². The lowest BCUT2D eigenvalue weighted by Gasteiger charge is -2.23. The van der Waals surface area contributed by atoms with Gasteiger partial charge >= 0.3 is 0 Å². The van der Waals surface area contributed by atoms with Crippen LogP contribution in [-0.4, -0.2) is 36.4 Å². The number of aromatic amines is 1. The van der Waals surface area contributed by atoms with E-state index < -0.39 is 0 Å². The average Bonchev–Trinajstić information content (AvgIpc) is 3.16. The SMILES string of the molecule is Cc1cncc(CN2CCCC2c2nc(N)c3[nH]cnc3n2)c1. The lowest BCUT2D eigenvalue weighted by molar-refractivity contribution is 0.240. The summed E-state index contributed by atoms with van der Waals surface area (Å²) in [6.45, 7) is 3.94. The molecule has 1 atom stereocenters. The highest BCUT2D eigenvalue weighted by Gasteiger charge is 2.29. The zero-order valence-corrected chi connectivity index (χ0v) is 13.0. The molecule has 0 radical (unpaired) electrons. The quantitative estimate of drug-likeness (QED) is 0.768. The molecule has 7 heteroatoms. The lowest BCUT2D eigenvalue weighted by Crippen LogP contribution is -2.24. The van der Waals surface area contributed by atoms with Crippen LogP contribution in [0.15, 0.2) is 24.8 Å². The van der Waals surface area contributed by atoms with E-state index in [4.69, 9.17) is 5.73 Å². The molecule has 3 N–H and O–H groups in total. The third-order valence-electron chi connectivity index (χ3n) is 4.31. The van der Waals surface area contributed by atoms with Crippen molar-refractivity contribution in [2.24, 2.45) is 0 Å². The Morgan fingerprint density at radius 1 is 1.35 bits per heavy atom. The number of nitrogens with zero attached hydrogens (tertiary/aromatic N) is 5. The minimum Gasteiger partial charge on any atom is -0.382 e. The van der Waals surface area contributed by atoms with Crippen LogP contribution in [0.2, 0.25) is 0 Å². The van der Waals surface area contributed by atoms with E-state index in [1.807, 2.05) is 12.4 Å². The molecular weight excluding hydrogens is 290 g/mol. The molecule has 0 saturated carbocycles. The molecule has 23 heavy (non-hydrogen) atoms. The number of nitrogens with two attached hydrogens (primary N) is 1. The van der Waals surface area contributed by atoms with Crippen molar-refractivity contribution in [1.29, 1.82) is 0 Å². The Labute approximate surface area is 134 Å². The standard InChI is InChI=1S/C16H19N7/c1-10-5-11(7-18-6-10)8-23-4-2-3-12(23)15-21-14(17)13-16(22-15)20-9-19-13/h5-7,9,12H,2-4,8H2,1H3,(H3,17,19,20,21,22). The number of hydrogen-bond acceptors (Lipinski definition) is 6. The summed E-state index contributed by atoms with van der Waals surface area (Å²) in [5.74, 6) is 1.23. The highest BCUT2D eigenvalue weighted by Crippen LogP contribution is 2.32. The van der Waals surface area contributed by atoms with E-state index >= 15 is 0 Å². The zero-order chi connectivity index (χ0) is 15.8. The van der Waals surface area contributed by atoms with Crippen LogP contribution in [0.5, 0.6) is 0 Å². The first-order valence-electron chi connectivity index (χ1n) is 7.82. The number of aryl methyl sites for hydroxylation is 1. The zero-order valence-electron chi connectivity index (χ0n) is 13.0. The number of likely N-dealkylation sites (tertiary alicyclic amines) is 1. The summed E-state index contributed by atoms with van der Waals surface area (Å²) in [6.07, 6.45) is 7.57. The Balaban J connectivity index is 1.63. The van der Waals surface area contributed by atoms with Crippen LogP contribution in [0.1, 0.15) is 35.8 Å². The number of fused-ring (bicyclic) bond motifs is 1. The maximum atomic E-state index is 6.04. The predicted octanol–water partition coefficient (Wildman–Crippen LogP) is 1.98. The maximum Gasteiger partial charge on any atom is 0.183 e. The molecule has 4 heterocycles. The molecular formula is C16H19N7. The first-order valence-corrected chi connectivity index (χ1v) is 7.82. The van der Waals surface area contributed by atoms with Crippen LogP contribution in [0.3, 0.4) is 0 Å². The number of nitrogens with one attached hydrogen (secondary N) is 1. The number of anilines is 1. The molecule has 3 aromatic heterocycles. The topological polar surface area (TPSA) is 96.6 Å². The third kappa shape index (κ3) is 2.63. The van der Waals surface area contributed by atoms with Crippen molar-refractivity contribution >= 4 is 17.0 Å². The summed E-state index contributed by atoms with van der Waals surface area (Å²) in [5, 5.41) is 0. The van der Waals surface area contributed by atoms with Gasteiger partial charge in [-0.05, 0) is 37.4 Å². The van der Waals surface area contributed by atoms with Crippen LogP contribution in [0, 0.1) is 6.92 Å². The van der Waals surface area contributed by atoms with E-state index in [0.717, 1.165) is 31.8 Å². The van der Waals surface area contributed by atoms with Gasteiger partial charge in [0, 0.05) is 18.9 Å². The minimum atomic E-state index is 0.180. The van der Waals surface area contributed by atoms with Crippen molar-refractivity contribution in [3.63, 3.8) is 0 Å². The van der Waals surface area contributed by atoms with E-state index in [0.29, 0.717) is 17.0 Å². The summed E-state index contributed by atoms with van der Waals surface area (Å²) < 4.78 is 0. The van der Waals surface area contributed by atoms with Gasteiger partial charge in [-0.1, -0.05) is 6.07 Å². The Kier molecular flexibility index (Phi) is 3.42.